The molecule has 6 nitrogen and oxygen atoms in total. The fourth-order valence-corrected chi connectivity index (χ4v) is 3.16. The van der Waals surface area contributed by atoms with Crippen LogP contribution in [0, 0.1) is 0 Å². The second-order valence-electron chi connectivity index (χ2n) is 6.83. The van der Waals surface area contributed by atoms with Crippen molar-refractivity contribution >= 4 is 28.9 Å². The van der Waals surface area contributed by atoms with Gasteiger partial charge in [-0.1, -0.05) is 18.2 Å². The molecule has 0 aromatic heterocycles. The largest absolute Gasteiger partial charge is 0.369 e. The summed E-state index contributed by atoms with van der Waals surface area (Å²) in [5.74, 6) is -0.386. The molecule has 1 N–H and O–H groups in total. The highest BCUT2D eigenvalue weighted by Crippen LogP contribution is 2.20. The number of benzene rings is 2. The predicted molar refractivity (Wildman–Crippen MR) is 109 cm³/mol. The van der Waals surface area contributed by atoms with E-state index in [9.17, 15) is 9.59 Å². The van der Waals surface area contributed by atoms with Crippen LogP contribution < -0.4 is 15.1 Å². The first-order chi connectivity index (χ1) is 13.0. The van der Waals surface area contributed by atoms with Gasteiger partial charge < -0.3 is 20.0 Å². The maximum atomic E-state index is 12.4. The van der Waals surface area contributed by atoms with Crippen molar-refractivity contribution < 1.29 is 9.59 Å². The van der Waals surface area contributed by atoms with Crippen LogP contribution in [-0.2, 0) is 9.59 Å². The van der Waals surface area contributed by atoms with Gasteiger partial charge >= 0.3 is 0 Å². The van der Waals surface area contributed by atoms with Crippen molar-refractivity contribution in [3.63, 3.8) is 0 Å². The fraction of sp³-hybridized carbons (Fsp3) is 0.333. The van der Waals surface area contributed by atoms with Crippen LogP contribution in [0.2, 0.25) is 0 Å². The number of hydrogen-bond acceptors (Lipinski definition) is 4. The normalized spacial score (nSPS) is 14.7. The Morgan fingerprint density at radius 1 is 0.963 bits per heavy atom. The molecule has 2 aromatic carbocycles. The summed E-state index contributed by atoms with van der Waals surface area (Å²) < 4.78 is 0. The number of anilines is 3. The van der Waals surface area contributed by atoms with E-state index in [1.54, 1.807) is 0 Å². The van der Waals surface area contributed by atoms with Crippen LogP contribution >= 0.6 is 0 Å². The fourth-order valence-electron chi connectivity index (χ4n) is 3.16. The van der Waals surface area contributed by atoms with Crippen molar-refractivity contribution in [3.05, 3.63) is 54.6 Å². The monoisotopic (exact) mass is 366 g/mol. The third kappa shape index (κ3) is 5.08. The molecule has 0 unspecified atom stereocenters. The standard InChI is InChI=1S/C21H26N4O2/c1-17(26)25(20-6-4-3-5-7-20)16-21(27)22-18-8-10-19(11-9-18)24-14-12-23(2)13-15-24/h3-11H,12-16H2,1-2H3,(H,22,27). The first-order valence-corrected chi connectivity index (χ1v) is 9.19. The summed E-state index contributed by atoms with van der Waals surface area (Å²) in [4.78, 5) is 30.4. The molecule has 1 aliphatic rings. The molecule has 27 heavy (non-hydrogen) atoms. The zero-order valence-electron chi connectivity index (χ0n) is 15.9. The van der Waals surface area contributed by atoms with Gasteiger partial charge in [0, 0.05) is 50.2 Å². The van der Waals surface area contributed by atoms with Crippen molar-refractivity contribution in [3.8, 4) is 0 Å². The van der Waals surface area contributed by atoms with Crippen LogP contribution in [0.4, 0.5) is 17.1 Å². The van der Waals surface area contributed by atoms with E-state index in [1.165, 1.54) is 11.8 Å². The molecule has 0 radical (unpaired) electrons. The number of amides is 2. The summed E-state index contributed by atoms with van der Waals surface area (Å²) in [5.41, 5.74) is 2.61. The third-order valence-electron chi connectivity index (χ3n) is 4.77. The Balaban J connectivity index is 1.59. The Morgan fingerprint density at radius 3 is 2.19 bits per heavy atom. The molecule has 1 saturated heterocycles. The van der Waals surface area contributed by atoms with Gasteiger partial charge in [0.1, 0.15) is 6.54 Å². The van der Waals surface area contributed by atoms with Gasteiger partial charge in [0.2, 0.25) is 11.8 Å². The van der Waals surface area contributed by atoms with Gasteiger partial charge in [0.25, 0.3) is 0 Å². The van der Waals surface area contributed by atoms with E-state index in [-0.39, 0.29) is 18.4 Å². The number of nitrogens with one attached hydrogen (secondary N) is 1. The molecule has 1 heterocycles. The first kappa shape index (κ1) is 18.9. The molecule has 1 aliphatic heterocycles. The smallest absolute Gasteiger partial charge is 0.244 e. The summed E-state index contributed by atoms with van der Waals surface area (Å²) in [5, 5.41) is 2.87. The molecule has 3 rings (SSSR count). The minimum atomic E-state index is -0.221. The summed E-state index contributed by atoms with van der Waals surface area (Å²) >= 11 is 0. The lowest BCUT2D eigenvalue weighted by atomic mass is 10.2. The Bertz CT molecular complexity index is 769. The number of para-hydroxylation sites is 1. The molecule has 0 spiro atoms. The van der Waals surface area contributed by atoms with Crippen LogP contribution in [-0.4, -0.2) is 56.5 Å². The molecular weight excluding hydrogens is 340 g/mol. The maximum absolute atomic E-state index is 12.4. The van der Waals surface area contributed by atoms with Gasteiger partial charge in [-0.05, 0) is 43.4 Å². The number of carbonyl (C=O) groups excluding carboxylic acids is 2. The van der Waals surface area contributed by atoms with Crippen molar-refractivity contribution in [2.24, 2.45) is 0 Å². The molecule has 0 saturated carbocycles. The van der Waals surface area contributed by atoms with Gasteiger partial charge in [-0.2, -0.15) is 0 Å². The Hall–Kier alpha value is -2.86. The molecule has 142 valence electrons. The lowest BCUT2D eigenvalue weighted by Gasteiger charge is -2.34. The van der Waals surface area contributed by atoms with E-state index >= 15 is 0 Å². The number of rotatable bonds is 5. The lowest BCUT2D eigenvalue weighted by Crippen LogP contribution is -2.44. The SMILES string of the molecule is CC(=O)N(CC(=O)Nc1ccc(N2CCN(C)CC2)cc1)c1ccccc1. The van der Waals surface area contributed by atoms with Crippen LogP contribution in [0.5, 0.6) is 0 Å². The van der Waals surface area contributed by atoms with Crippen molar-refractivity contribution in [2.75, 3.05) is 54.9 Å². The minimum Gasteiger partial charge on any atom is -0.369 e. The Morgan fingerprint density at radius 2 is 1.59 bits per heavy atom. The van der Waals surface area contributed by atoms with E-state index in [0.29, 0.717) is 5.69 Å². The molecule has 2 amide bonds. The summed E-state index contributed by atoms with van der Waals surface area (Å²) in [6.45, 7) is 5.57. The van der Waals surface area contributed by atoms with Gasteiger partial charge in [0.15, 0.2) is 0 Å². The van der Waals surface area contributed by atoms with E-state index in [0.717, 1.165) is 37.6 Å². The van der Waals surface area contributed by atoms with Gasteiger partial charge in [-0.3, -0.25) is 9.59 Å². The Kier molecular flexibility index (Phi) is 6.08. The molecule has 0 bridgehead atoms. The zero-order chi connectivity index (χ0) is 19.2. The van der Waals surface area contributed by atoms with Gasteiger partial charge in [-0.25, -0.2) is 0 Å². The predicted octanol–water partition coefficient (Wildman–Crippen LogP) is 2.43. The van der Waals surface area contributed by atoms with Crippen LogP contribution in [0.25, 0.3) is 0 Å². The van der Waals surface area contributed by atoms with E-state index < -0.39 is 0 Å². The van der Waals surface area contributed by atoms with E-state index in [2.05, 4.69) is 22.2 Å². The van der Waals surface area contributed by atoms with Crippen molar-refractivity contribution in [1.82, 2.24) is 4.90 Å². The minimum absolute atomic E-state index is 0.0143. The molecule has 1 fully saturated rings. The third-order valence-corrected chi connectivity index (χ3v) is 4.77. The first-order valence-electron chi connectivity index (χ1n) is 9.19. The van der Waals surface area contributed by atoms with Crippen molar-refractivity contribution in [2.45, 2.75) is 6.92 Å². The number of piperazine rings is 1. The average molecular weight is 366 g/mol. The summed E-state index contributed by atoms with van der Waals surface area (Å²) in [6.07, 6.45) is 0. The van der Waals surface area contributed by atoms with E-state index in [4.69, 9.17) is 0 Å². The number of nitrogens with zero attached hydrogens (tertiary/aromatic N) is 3. The molecule has 2 aromatic rings. The average Bonchev–Trinajstić information content (AvgIpc) is 2.68. The molecule has 6 heteroatoms. The summed E-state index contributed by atoms with van der Waals surface area (Å²) in [6, 6.07) is 17.1. The topological polar surface area (TPSA) is 55.9 Å². The summed E-state index contributed by atoms with van der Waals surface area (Å²) in [7, 11) is 2.13. The second-order valence-corrected chi connectivity index (χ2v) is 6.83. The van der Waals surface area contributed by atoms with Gasteiger partial charge in [-0.15, -0.1) is 0 Å². The van der Waals surface area contributed by atoms with Crippen LogP contribution in [0.15, 0.2) is 54.6 Å². The number of carbonyl (C=O) groups is 2. The highest BCUT2D eigenvalue weighted by atomic mass is 16.2. The van der Waals surface area contributed by atoms with Gasteiger partial charge in [0.05, 0.1) is 0 Å². The maximum Gasteiger partial charge on any atom is 0.244 e. The number of hydrogen-bond donors (Lipinski definition) is 1. The lowest BCUT2D eigenvalue weighted by molar-refractivity contribution is -0.120. The quantitative estimate of drug-likeness (QED) is 0.883. The second kappa shape index (κ2) is 8.68. The number of likely N-dealkylation sites (N-methyl/N-ethyl adjacent to an activating group) is 1. The molecule has 0 aliphatic carbocycles. The van der Waals surface area contributed by atoms with E-state index in [1.807, 2.05) is 54.6 Å². The Labute approximate surface area is 160 Å². The molecular formula is C21H26N4O2. The van der Waals surface area contributed by atoms with Crippen LogP contribution in [0.1, 0.15) is 6.92 Å². The highest BCUT2D eigenvalue weighted by molar-refractivity contribution is 6.01. The highest BCUT2D eigenvalue weighted by Gasteiger charge is 2.16. The van der Waals surface area contributed by atoms with Crippen LogP contribution in [0.3, 0.4) is 0 Å². The zero-order valence-corrected chi connectivity index (χ0v) is 15.9. The molecule has 0 atom stereocenters. The van der Waals surface area contributed by atoms with Crippen molar-refractivity contribution in [1.29, 1.82) is 0 Å².